The van der Waals surface area contributed by atoms with E-state index in [1.807, 2.05) is 0 Å². The van der Waals surface area contributed by atoms with Crippen LogP contribution in [0.5, 0.6) is 5.75 Å². The van der Waals surface area contributed by atoms with Crippen LogP contribution in [-0.2, 0) is 4.74 Å². The number of hydrogen-bond acceptors (Lipinski definition) is 5. The Balaban J connectivity index is 2.17. The molecular formula is C17H16F2N2O4. The summed E-state index contributed by atoms with van der Waals surface area (Å²) in [6.45, 7) is -1.35. The number of nitrogens with one attached hydrogen (secondary N) is 1. The van der Waals surface area contributed by atoms with E-state index in [1.54, 1.807) is 25.1 Å². The topological polar surface area (TPSA) is 77.5 Å². The normalized spacial score (nSPS) is 11.7. The molecule has 1 aromatic carbocycles. The molecule has 1 amide bonds. The molecule has 1 unspecified atom stereocenters. The van der Waals surface area contributed by atoms with Crippen LogP contribution >= 0.6 is 0 Å². The lowest BCUT2D eigenvalue weighted by molar-refractivity contribution is -0.0506. The maximum atomic E-state index is 12.5. The zero-order valence-electron chi connectivity index (χ0n) is 13.5. The van der Waals surface area contributed by atoms with E-state index in [2.05, 4.69) is 19.8 Å². The van der Waals surface area contributed by atoms with Crippen LogP contribution in [-0.4, -0.2) is 30.6 Å². The molecule has 0 fully saturated rings. The largest absolute Gasteiger partial charge is 0.464 e. The summed E-state index contributed by atoms with van der Waals surface area (Å²) in [7, 11) is 1.21. The number of carbonyl (C=O) groups is 2. The first-order valence-electron chi connectivity index (χ1n) is 7.32. The van der Waals surface area contributed by atoms with Gasteiger partial charge in [0.2, 0.25) is 0 Å². The summed E-state index contributed by atoms with van der Waals surface area (Å²) in [5, 5.41) is 2.63. The van der Waals surface area contributed by atoms with Crippen molar-refractivity contribution in [3.05, 3.63) is 59.4 Å². The third-order valence-electron chi connectivity index (χ3n) is 3.33. The molecule has 132 valence electrons. The molecule has 0 aliphatic carbocycles. The summed E-state index contributed by atoms with van der Waals surface area (Å²) in [6.07, 6.45) is 0. The molecule has 25 heavy (non-hydrogen) atoms. The van der Waals surface area contributed by atoms with Gasteiger partial charge in [-0.25, -0.2) is 9.78 Å². The van der Waals surface area contributed by atoms with Crippen LogP contribution in [0, 0.1) is 0 Å². The third-order valence-corrected chi connectivity index (χ3v) is 3.33. The molecule has 1 aromatic heterocycles. The predicted molar refractivity (Wildman–Crippen MR) is 84.5 cm³/mol. The molecular weight excluding hydrogens is 334 g/mol. The molecule has 8 heteroatoms. The standard InChI is InChI=1S/C17H16F2N2O4/c1-10(11-6-3-4-9-14(11)25-17(18)19)20-15(22)12-7-5-8-13(21-12)16(23)24-2/h3-10,17H,1-2H3,(H,20,22). The number of methoxy groups -OCH3 is 1. The van der Waals surface area contributed by atoms with Gasteiger partial charge < -0.3 is 14.8 Å². The second-order valence-electron chi connectivity index (χ2n) is 5.01. The van der Waals surface area contributed by atoms with Gasteiger partial charge in [0.1, 0.15) is 17.1 Å². The van der Waals surface area contributed by atoms with Gasteiger partial charge in [-0.15, -0.1) is 0 Å². The molecule has 6 nitrogen and oxygen atoms in total. The molecule has 0 aliphatic rings. The molecule has 1 atom stereocenters. The monoisotopic (exact) mass is 350 g/mol. The van der Waals surface area contributed by atoms with Gasteiger partial charge in [0, 0.05) is 5.56 Å². The first-order valence-corrected chi connectivity index (χ1v) is 7.32. The minimum Gasteiger partial charge on any atom is -0.464 e. The van der Waals surface area contributed by atoms with Gasteiger partial charge >= 0.3 is 12.6 Å². The molecule has 0 saturated heterocycles. The SMILES string of the molecule is COC(=O)c1cccc(C(=O)NC(C)c2ccccc2OC(F)F)n1. The van der Waals surface area contributed by atoms with Crippen LogP contribution < -0.4 is 10.1 Å². The summed E-state index contributed by atoms with van der Waals surface area (Å²) < 4.78 is 34.0. The van der Waals surface area contributed by atoms with Crippen molar-refractivity contribution in [2.24, 2.45) is 0 Å². The number of ether oxygens (including phenoxy) is 2. The second-order valence-corrected chi connectivity index (χ2v) is 5.01. The van der Waals surface area contributed by atoms with Crippen LogP contribution in [0.15, 0.2) is 42.5 Å². The highest BCUT2D eigenvalue weighted by Crippen LogP contribution is 2.26. The Labute approximate surface area is 142 Å². The minimum absolute atomic E-state index is 0.00186. The fraction of sp³-hybridized carbons (Fsp3) is 0.235. The van der Waals surface area contributed by atoms with Gasteiger partial charge in [-0.1, -0.05) is 24.3 Å². The van der Waals surface area contributed by atoms with Gasteiger partial charge in [-0.2, -0.15) is 8.78 Å². The molecule has 1 N–H and O–H groups in total. The van der Waals surface area contributed by atoms with E-state index in [0.717, 1.165) is 0 Å². The maximum Gasteiger partial charge on any atom is 0.387 e. The van der Waals surface area contributed by atoms with Crippen molar-refractivity contribution >= 4 is 11.9 Å². The quantitative estimate of drug-likeness (QED) is 0.811. The van der Waals surface area contributed by atoms with Crippen LogP contribution in [0.4, 0.5) is 8.78 Å². The van der Waals surface area contributed by atoms with E-state index in [0.29, 0.717) is 5.56 Å². The fourth-order valence-corrected chi connectivity index (χ4v) is 2.17. The molecule has 0 spiro atoms. The number of benzene rings is 1. The Kier molecular flexibility index (Phi) is 5.99. The zero-order valence-corrected chi connectivity index (χ0v) is 13.5. The Morgan fingerprint density at radius 1 is 1.08 bits per heavy atom. The van der Waals surface area contributed by atoms with E-state index in [-0.39, 0.29) is 17.1 Å². The number of nitrogens with zero attached hydrogens (tertiary/aromatic N) is 1. The average Bonchev–Trinajstić information content (AvgIpc) is 2.61. The van der Waals surface area contributed by atoms with Gasteiger partial charge in [0.15, 0.2) is 0 Å². The summed E-state index contributed by atoms with van der Waals surface area (Å²) in [5.74, 6) is -1.26. The first kappa shape index (κ1) is 18.3. The summed E-state index contributed by atoms with van der Waals surface area (Å²) in [5.41, 5.74) is 0.381. The number of halogens is 2. The number of alkyl halides is 2. The van der Waals surface area contributed by atoms with Gasteiger partial charge in [0.05, 0.1) is 13.2 Å². The minimum atomic E-state index is -2.97. The van der Waals surface area contributed by atoms with E-state index < -0.39 is 24.5 Å². The molecule has 1 heterocycles. The van der Waals surface area contributed by atoms with Crippen molar-refractivity contribution in [2.75, 3.05) is 7.11 Å². The number of amides is 1. The number of rotatable bonds is 6. The number of para-hydroxylation sites is 1. The lowest BCUT2D eigenvalue weighted by Crippen LogP contribution is -2.28. The van der Waals surface area contributed by atoms with Crippen molar-refractivity contribution in [2.45, 2.75) is 19.6 Å². The van der Waals surface area contributed by atoms with Crippen LogP contribution in [0.2, 0.25) is 0 Å². The summed E-state index contributed by atoms with van der Waals surface area (Å²) in [6, 6.07) is 9.87. The first-order chi connectivity index (χ1) is 11.9. The number of aromatic nitrogens is 1. The van der Waals surface area contributed by atoms with E-state index in [4.69, 9.17) is 0 Å². The lowest BCUT2D eigenvalue weighted by atomic mass is 10.1. The summed E-state index contributed by atoms with van der Waals surface area (Å²) in [4.78, 5) is 27.7. The van der Waals surface area contributed by atoms with Crippen LogP contribution in [0.1, 0.15) is 39.5 Å². The van der Waals surface area contributed by atoms with Crippen molar-refractivity contribution in [3.63, 3.8) is 0 Å². The zero-order chi connectivity index (χ0) is 18.4. The smallest absolute Gasteiger partial charge is 0.387 e. The molecule has 2 aromatic rings. The number of hydrogen-bond donors (Lipinski definition) is 1. The molecule has 0 bridgehead atoms. The highest BCUT2D eigenvalue weighted by atomic mass is 19.3. The van der Waals surface area contributed by atoms with Crippen LogP contribution in [0.3, 0.4) is 0 Å². The number of carbonyl (C=O) groups excluding carboxylic acids is 2. The molecule has 2 rings (SSSR count). The Morgan fingerprint density at radius 2 is 1.76 bits per heavy atom. The van der Waals surface area contributed by atoms with Crippen molar-refractivity contribution in [1.82, 2.24) is 10.3 Å². The average molecular weight is 350 g/mol. The third kappa shape index (κ3) is 4.72. The van der Waals surface area contributed by atoms with Crippen molar-refractivity contribution in [1.29, 1.82) is 0 Å². The molecule has 0 saturated carbocycles. The number of esters is 1. The Morgan fingerprint density at radius 3 is 2.44 bits per heavy atom. The predicted octanol–water partition coefficient (Wildman–Crippen LogP) is 2.96. The van der Waals surface area contributed by atoms with Crippen molar-refractivity contribution in [3.8, 4) is 5.75 Å². The highest BCUT2D eigenvalue weighted by Gasteiger charge is 2.18. The van der Waals surface area contributed by atoms with Crippen LogP contribution in [0.25, 0.3) is 0 Å². The van der Waals surface area contributed by atoms with Gasteiger partial charge in [-0.05, 0) is 25.1 Å². The molecule has 0 aliphatic heterocycles. The van der Waals surface area contributed by atoms with E-state index >= 15 is 0 Å². The fourth-order valence-electron chi connectivity index (χ4n) is 2.17. The van der Waals surface area contributed by atoms with E-state index in [9.17, 15) is 18.4 Å². The number of pyridine rings is 1. The van der Waals surface area contributed by atoms with Crippen molar-refractivity contribution < 1.29 is 27.8 Å². The summed E-state index contributed by atoms with van der Waals surface area (Å²) >= 11 is 0. The molecule has 0 radical (unpaired) electrons. The second kappa shape index (κ2) is 8.18. The van der Waals surface area contributed by atoms with Gasteiger partial charge in [-0.3, -0.25) is 4.79 Å². The highest BCUT2D eigenvalue weighted by molar-refractivity contribution is 5.94. The maximum absolute atomic E-state index is 12.5. The Hall–Kier alpha value is -3.03. The van der Waals surface area contributed by atoms with E-state index in [1.165, 1.54) is 31.4 Å². The Bertz CT molecular complexity index is 768. The van der Waals surface area contributed by atoms with Gasteiger partial charge in [0.25, 0.3) is 5.91 Å². The lowest BCUT2D eigenvalue weighted by Gasteiger charge is -2.18.